The number of aromatic nitrogens is 2. The summed E-state index contributed by atoms with van der Waals surface area (Å²) in [7, 11) is 1.84. The first-order valence-electron chi connectivity index (χ1n) is 6.00. The average molecular weight is 251 g/mol. The number of nitrogens with zero attached hydrogens (tertiary/aromatic N) is 3. The zero-order valence-electron chi connectivity index (χ0n) is 11.4. The van der Waals surface area contributed by atoms with E-state index in [1.54, 1.807) is 13.0 Å². The van der Waals surface area contributed by atoms with Crippen LogP contribution in [0.15, 0.2) is 11.8 Å². The van der Waals surface area contributed by atoms with Crippen LogP contribution >= 0.6 is 0 Å². The first-order chi connectivity index (χ1) is 8.49. The zero-order valence-corrected chi connectivity index (χ0v) is 11.4. The monoisotopic (exact) mass is 251 g/mol. The molecule has 0 saturated heterocycles. The first-order valence-corrected chi connectivity index (χ1v) is 6.00. The van der Waals surface area contributed by atoms with Crippen molar-refractivity contribution in [1.82, 2.24) is 14.6 Å². The summed E-state index contributed by atoms with van der Waals surface area (Å²) in [5, 5.41) is 18.4. The molecule has 0 unspecified atom stereocenters. The third-order valence-electron chi connectivity index (χ3n) is 2.57. The van der Waals surface area contributed by atoms with Gasteiger partial charge in [-0.15, -0.1) is 0 Å². The van der Waals surface area contributed by atoms with Gasteiger partial charge in [0.2, 0.25) is 0 Å². The van der Waals surface area contributed by atoms with Gasteiger partial charge in [-0.1, -0.05) is 13.8 Å². The normalized spacial score (nSPS) is 15.1. The number of hydroxylamine groups is 2. The largest absolute Gasteiger partial charge is 0.402 e. The van der Waals surface area contributed by atoms with Gasteiger partial charge < -0.3 is 15.5 Å². The molecule has 0 amide bonds. The van der Waals surface area contributed by atoms with E-state index >= 15 is 0 Å². The summed E-state index contributed by atoms with van der Waals surface area (Å²) in [4.78, 5) is 4.33. The zero-order chi connectivity index (χ0) is 13.9. The van der Waals surface area contributed by atoms with E-state index in [0.29, 0.717) is 30.3 Å². The Morgan fingerprint density at radius 3 is 2.56 bits per heavy atom. The summed E-state index contributed by atoms with van der Waals surface area (Å²) in [6, 6.07) is 0. The number of fused-ring (bicyclic) bond motifs is 1. The average Bonchev–Trinajstić information content (AvgIpc) is 2.80. The summed E-state index contributed by atoms with van der Waals surface area (Å²) in [5.74, 6) is 0.586. The Hall–Kier alpha value is -1.66. The number of allylic oxidation sites excluding steroid dienone is 2. The third kappa shape index (κ3) is 2.77. The maximum atomic E-state index is 9.33. The van der Waals surface area contributed by atoms with E-state index in [9.17, 15) is 5.21 Å². The Bertz CT molecular complexity index is 471. The van der Waals surface area contributed by atoms with Crippen LogP contribution in [0.1, 0.15) is 38.0 Å². The molecule has 0 fully saturated rings. The molecule has 0 spiro atoms. The van der Waals surface area contributed by atoms with Crippen LogP contribution in [0.5, 0.6) is 0 Å². The van der Waals surface area contributed by atoms with E-state index in [4.69, 9.17) is 11.1 Å². The van der Waals surface area contributed by atoms with E-state index in [-0.39, 0.29) is 0 Å². The highest BCUT2D eigenvalue weighted by molar-refractivity contribution is 6.04. The van der Waals surface area contributed by atoms with Gasteiger partial charge in [0.1, 0.15) is 0 Å². The minimum atomic E-state index is 0.293. The van der Waals surface area contributed by atoms with Crippen LogP contribution in [0, 0.1) is 5.41 Å². The van der Waals surface area contributed by atoms with Gasteiger partial charge >= 0.3 is 0 Å². The van der Waals surface area contributed by atoms with E-state index in [1.807, 2.05) is 25.5 Å². The van der Waals surface area contributed by atoms with E-state index in [2.05, 4.69) is 4.98 Å². The molecule has 6 heteroatoms. The van der Waals surface area contributed by atoms with Crippen LogP contribution in [0.2, 0.25) is 0 Å². The van der Waals surface area contributed by atoms with Crippen LogP contribution in [0.3, 0.4) is 0 Å². The maximum absolute atomic E-state index is 9.33. The summed E-state index contributed by atoms with van der Waals surface area (Å²) < 4.78 is 1.83. The second-order valence-corrected chi connectivity index (χ2v) is 4.01. The molecule has 0 saturated carbocycles. The van der Waals surface area contributed by atoms with Crippen molar-refractivity contribution in [3.05, 3.63) is 29.0 Å². The van der Waals surface area contributed by atoms with Crippen LogP contribution in [-0.4, -0.2) is 25.5 Å². The Labute approximate surface area is 107 Å². The number of imidazole rings is 1. The predicted molar refractivity (Wildman–Crippen MR) is 70.4 cm³/mol. The minimum Gasteiger partial charge on any atom is -0.402 e. The molecular formula is C12H21N5O. The van der Waals surface area contributed by atoms with Crippen LogP contribution in [0.25, 0.3) is 0 Å². The highest BCUT2D eigenvalue weighted by Gasteiger charge is 2.25. The lowest BCUT2D eigenvalue weighted by atomic mass is 10.3. The Kier molecular flexibility index (Phi) is 4.63. The smallest absolute Gasteiger partial charge is 0.158 e. The lowest BCUT2D eigenvalue weighted by Crippen LogP contribution is -2.15. The quantitative estimate of drug-likeness (QED) is 0.692. The molecule has 1 aliphatic heterocycles. The molecule has 0 atom stereocenters. The van der Waals surface area contributed by atoms with Crippen molar-refractivity contribution in [2.24, 2.45) is 12.8 Å². The number of hydrogen-bond acceptors (Lipinski definition) is 5. The van der Waals surface area contributed by atoms with Gasteiger partial charge in [-0.3, -0.25) is 5.41 Å². The van der Waals surface area contributed by atoms with E-state index < -0.39 is 0 Å². The highest BCUT2D eigenvalue weighted by Crippen LogP contribution is 2.21. The topological polar surface area (TPSA) is 91.2 Å². The van der Waals surface area contributed by atoms with Crippen molar-refractivity contribution in [3.63, 3.8) is 0 Å². The second-order valence-electron chi connectivity index (χ2n) is 4.01. The van der Waals surface area contributed by atoms with Gasteiger partial charge in [0, 0.05) is 12.7 Å². The minimum absolute atomic E-state index is 0.293. The van der Waals surface area contributed by atoms with Crippen molar-refractivity contribution in [2.45, 2.75) is 33.9 Å². The molecule has 2 heterocycles. The standard InChI is InChI=1S/C10H15N5O.C2H6/c1-6(11)3-7(12)10-13-8-4-15(16)5-9(8)14(10)2;1-2/h3,12,16H,4-5,11H2,1-2H3;1-2H3/b6-3-,12-7?;. The van der Waals surface area contributed by atoms with E-state index in [0.717, 1.165) is 11.4 Å². The van der Waals surface area contributed by atoms with Crippen LogP contribution in [-0.2, 0) is 20.1 Å². The number of nitrogens with two attached hydrogens (primary N) is 1. The molecule has 0 bridgehead atoms. The summed E-state index contributed by atoms with van der Waals surface area (Å²) in [5.41, 5.74) is 8.18. The molecule has 0 aromatic carbocycles. The molecule has 6 nitrogen and oxygen atoms in total. The van der Waals surface area contributed by atoms with Crippen molar-refractivity contribution < 1.29 is 5.21 Å². The van der Waals surface area contributed by atoms with Gasteiger partial charge in [0.05, 0.1) is 30.2 Å². The first kappa shape index (κ1) is 14.4. The SMILES string of the molecule is C/C(N)=C/C(=N)c1nc2c(n1C)CN(O)C2.CC. The predicted octanol–water partition coefficient (Wildman–Crippen LogP) is 1.38. The number of nitrogens with one attached hydrogen (secondary N) is 1. The lowest BCUT2D eigenvalue weighted by molar-refractivity contribution is -0.0985. The van der Waals surface area contributed by atoms with Gasteiger partial charge in [0.25, 0.3) is 0 Å². The molecule has 18 heavy (non-hydrogen) atoms. The van der Waals surface area contributed by atoms with Gasteiger partial charge in [0.15, 0.2) is 5.82 Å². The summed E-state index contributed by atoms with van der Waals surface area (Å²) in [6.07, 6.45) is 1.58. The van der Waals surface area contributed by atoms with Gasteiger partial charge in [-0.25, -0.2) is 4.98 Å². The Morgan fingerprint density at radius 2 is 2.06 bits per heavy atom. The molecule has 1 aromatic heterocycles. The Morgan fingerprint density at radius 1 is 1.44 bits per heavy atom. The molecule has 2 rings (SSSR count). The molecule has 0 aliphatic carbocycles. The van der Waals surface area contributed by atoms with Gasteiger partial charge in [-0.05, 0) is 13.0 Å². The molecule has 100 valence electrons. The highest BCUT2D eigenvalue weighted by atomic mass is 16.5. The maximum Gasteiger partial charge on any atom is 0.158 e. The number of rotatable bonds is 2. The lowest BCUT2D eigenvalue weighted by Gasteiger charge is -2.07. The van der Waals surface area contributed by atoms with E-state index in [1.165, 1.54) is 5.06 Å². The molecular weight excluding hydrogens is 230 g/mol. The third-order valence-corrected chi connectivity index (χ3v) is 2.57. The molecule has 1 aromatic rings. The molecule has 4 N–H and O–H groups in total. The fourth-order valence-corrected chi connectivity index (χ4v) is 1.85. The van der Waals surface area contributed by atoms with Crippen molar-refractivity contribution in [1.29, 1.82) is 5.41 Å². The van der Waals surface area contributed by atoms with Crippen LogP contribution < -0.4 is 5.73 Å². The van der Waals surface area contributed by atoms with Crippen LogP contribution in [0.4, 0.5) is 0 Å². The fourth-order valence-electron chi connectivity index (χ4n) is 1.85. The molecule has 1 aliphatic rings. The number of hydrogen-bond donors (Lipinski definition) is 3. The molecule has 0 radical (unpaired) electrons. The summed E-state index contributed by atoms with van der Waals surface area (Å²) >= 11 is 0. The van der Waals surface area contributed by atoms with Crippen molar-refractivity contribution >= 4 is 5.71 Å². The van der Waals surface area contributed by atoms with Crippen molar-refractivity contribution in [2.75, 3.05) is 0 Å². The fraction of sp³-hybridized carbons (Fsp3) is 0.500. The van der Waals surface area contributed by atoms with Gasteiger partial charge in [-0.2, -0.15) is 5.06 Å². The van der Waals surface area contributed by atoms with Crippen molar-refractivity contribution in [3.8, 4) is 0 Å². The second kappa shape index (κ2) is 5.79. The summed E-state index contributed by atoms with van der Waals surface area (Å²) in [6.45, 7) is 6.61. The Balaban J connectivity index is 0.000000771.